The van der Waals surface area contributed by atoms with Crippen molar-refractivity contribution in [3.63, 3.8) is 0 Å². The Balaban J connectivity index is 2.11. The van der Waals surface area contributed by atoms with Gasteiger partial charge in [-0.15, -0.1) is 0 Å². The van der Waals surface area contributed by atoms with E-state index in [0.717, 1.165) is 9.87 Å². The van der Waals surface area contributed by atoms with Gasteiger partial charge in [-0.1, -0.05) is 43.7 Å². The number of sulfonamides is 1. The number of carbonyl (C=O) groups is 2. The maximum atomic E-state index is 14.2. The Hall–Kier alpha value is -4.25. The van der Waals surface area contributed by atoms with Gasteiger partial charge in [0, 0.05) is 19.2 Å². The lowest BCUT2D eigenvalue weighted by molar-refractivity contribution is -0.139. The number of nitrogens with zero attached hydrogens (tertiary/aromatic N) is 2. The molecule has 0 aromatic heterocycles. The molecule has 43 heavy (non-hydrogen) atoms. The largest absolute Gasteiger partial charge is 0.497 e. The van der Waals surface area contributed by atoms with Crippen molar-refractivity contribution >= 4 is 27.5 Å². The number of aryl methyl sites for hydroxylation is 1. The molecule has 10 nitrogen and oxygen atoms in total. The van der Waals surface area contributed by atoms with E-state index < -0.39 is 28.5 Å². The van der Waals surface area contributed by atoms with Crippen LogP contribution in [0.25, 0.3) is 0 Å². The van der Waals surface area contributed by atoms with E-state index in [9.17, 15) is 18.0 Å². The molecule has 0 bridgehead atoms. The van der Waals surface area contributed by atoms with Crippen molar-refractivity contribution < 1.29 is 32.2 Å². The molecule has 0 heterocycles. The summed E-state index contributed by atoms with van der Waals surface area (Å²) >= 11 is 0. The third kappa shape index (κ3) is 8.41. The number of hydrogen-bond acceptors (Lipinski definition) is 7. The minimum absolute atomic E-state index is 0.00200. The summed E-state index contributed by atoms with van der Waals surface area (Å²) in [6, 6.07) is 17.3. The molecule has 0 saturated heterocycles. The van der Waals surface area contributed by atoms with Gasteiger partial charge >= 0.3 is 0 Å². The van der Waals surface area contributed by atoms with Crippen LogP contribution >= 0.6 is 0 Å². The number of anilines is 1. The molecule has 0 unspecified atom stereocenters. The molecule has 1 N–H and O–H groups in total. The van der Waals surface area contributed by atoms with Crippen LogP contribution in [0.2, 0.25) is 0 Å². The monoisotopic (exact) mass is 611 g/mol. The van der Waals surface area contributed by atoms with Gasteiger partial charge in [-0.05, 0) is 61.7 Å². The summed E-state index contributed by atoms with van der Waals surface area (Å²) in [5, 5.41) is 2.88. The van der Waals surface area contributed by atoms with Gasteiger partial charge < -0.3 is 24.4 Å². The second-order valence-corrected chi connectivity index (χ2v) is 12.4. The van der Waals surface area contributed by atoms with Gasteiger partial charge in [0.15, 0.2) is 0 Å². The van der Waals surface area contributed by atoms with Gasteiger partial charge in [0.25, 0.3) is 10.0 Å². The second kappa shape index (κ2) is 14.8. The fraction of sp³-hybridized carbons (Fsp3) is 0.375. The lowest BCUT2D eigenvalue weighted by atomic mass is 10.1. The number of ether oxygens (including phenoxy) is 3. The highest BCUT2D eigenvalue weighted by Gasteiger charge is 2.34. The SMILES string of the molecule is COc1cccc(CN(C(=O)CN(c2cc(OC)ccc2OC)S(=O)(=O)c2ccc(C)cc2)[C@@H](C)C(=O)NCC(C)C)c1. The van der Waals surface area contributed by atoms with Gasteiger partial charge in [-0.25, -0.2) is 8.42 Å². The first kappa shape index (κ1) is 33.3. The van der Waals surface area contributed by atoms with Crippen molar-refractivity contribution in [3.8, 4) is 17.2 Å². The van der Waals surface area contributed by atoms with E-state index in [4.69, 9.17) is 14.2 Å². The number of carbonyl (C=O) groups excluding carboxylic acids is 2. The summed E-state index contributed by atoms with van der Waals surface area (Å²) in [6.07, 6.45) is 0. The smallest absolute Gasteiger partial charge is 0.264 e. The summed E-state index contributed by atoms with van der Waals surface area (Å²) in [7, 11) is 0.141. The van der Waals surface area contributed by atoms with Gasteiger partial charge in [-0.3, -0.25) is 13.9 Å². The van der Waals surface area contributed by atoms with Crippen molar-refractivity contribution in [2.75, 3.05) is 38.7 Å². The van der Waals surface area contributed by atoms with Gasteiger partial charge in [0.2, 0.25) is 11.8 Å². The Morgan fingerprint density at radius 3 is 2.12 bits per heavy atom. The maximum Gasteiger partial charge on any atom is 0.264 e. The normalized spacial score (nSPS) is 11.9. The molecule has 0 spiro atoms. The quantitative estimate of drug-likeness (QED) is 0.287. The van der Waals surface area contributed by atoms with E-state index in [1.54, 1.807) is 56.5 Å². The molecule has 11 heteroatoms. The fourth-order valence-electron chi connectivity index (χ4n) is 4.35. The molecule has 0 aliphatic carbocycles. The topological polar surface area (TPSA) is 114 Å². The first-order chi connectivity index (χ1) is 20.4. The van der Waals surface area contributed by atoms with Crippen molar-refractivity contribution in [1.29, 1.82) is 0 Å². The zero-order chi connectivity index (χ0) is 31.7. The summed E-state index contributed by atoms with van der Waals surface area (Å²) in [4.78, 5) is 28.8. The summed E-state index contributed by atoms with van der Waals surface area (Å²) in [5.74, 6) is 0.460. The first-order valence-electron chi connectivity index (χ1n) is 13.9. The van der Waals surface area contributed by atoms with Gasteiger partial charge in [-0.2, -0.15) is 0 Å². The van der Waals surface area contributed by atoms with Crippen LogP contribution < -0.4 is 23.8 Å². The van der Waals surface area contributed by atoms with Crippen LogP contribution in [-0.4, -0.2) is 65.6 Å². The number of nitrogens with one attached hydrogen (secondary N) is 1. The number of amides is 2. The molecule has 232 valence electrons. The van der Waals surface area contributed by atoms with Crippen LogP contribution in [0.5, 0.6) is 17.2 Å². The molecular weight excluding hydrogens is 570 g/mol. The third-order valence-corrected chi connectivity index (χ3v) is 8.66. The summed E-state index contributed by atoms with van der Waals surface area (Å²) in [6.45, 7) is 7.29. The van der Waals surface area contributed by atoms with E-state index in [1.165, 1.54) is 37.3 Å². The molecule has 3 rings (SSSR count). The molecule has 1 atom stereocenters. The zero-order valence-electron chi connectivity index (χ0n) is 25.8. The molecule has 0 fully saturated rings. The molecule has 0 aliphatic rings. The van der Waals surface area contributed by atoms with Crippen molar-refractivity contribution in [2.24, 2.45) is 5.92 Å². The average molecular weight is 612 g/mol. The minimum atomic E-state index is -4.28. The van der Waals surface area contributed by atoms with E-state index in [2.05, 4.69) is 5.32 Å². The Bertz CT molecular complexity index is 1510. The lowest BCUT2D eigenvalue weighted by Gasteiger charge is -2.32. The average Bonchev–Trinajstić information content (AvgIpc) is 3.00. The molecule has 2 amide bonds. The maximum absolute atomic E-state index is 14.2. The highest BCUT2D eigenvalue weighted by Crippen LogP contribution is 2.36. The lowest BCUT2D eigenvalue weighted by Crippen LogP contribution is -2.51. The molecule has 3 aromatic rings. The summed E-state index contributed by atoms with van der Waals surface area (Å²) in [5.41, 5.74) is 1.71. The first-order valence-corrected chi connectivity index (χ1v) is 15.4. The molecule has 3 aromatic carbocycles. The molecular formula is C32H41N3O7S. The molecule has 0 radical (unpaired) electrons. The number of benzene rings is 3. The Morgan fingerprint density at radius 2 is 1.51 bits per heavy atom. The highest BCUT2D eigenvalue weighted by atomic mass is 32.2. The Morgan fingerprint density at radius 1 is 0.860 bits per heavy atom. The zero-order valence-corrected chi connectivity index (χ0v) is 26.6. The summed E-state index contributed by atoms with van der Waals surface area (Å²) < 4.78 is 45.5. The van der Waals surface area contributed by atoms with Crippen LogP contribution in [0.1, 0.15) is 31.9 Å². The number of rotatable bonds is 14. The van der Waals surface area contributed by atoms with E-state index in [0.29, 0.717) is 23.6 Å². The highest BCUT2D eigenvalue weighted by molar-refractivity contribution is 7.92. The van der Waals surface area contributed by atoms with Crippen LogP contribution in [0.15, 0.2) is 71.6 Å². The predicted molar refractivity (Wildman–Crippen MR) is 166 cm³/mol. The standard InChI is InChI=1S/C32H41N3O7S/c1-22(2)19-33-32(37)24(4)34(20-25-9-8-10-26(17-25)40-5)31(36)21-35(29-18-27(41-6)13-16-30(29)42-7)43(38,39)28-14-11-23(3)12-15-28/h8-18,22,24H,19-21H2,1-7H3,(H,33,37)/t24-/m0/s1. The van der Waals surface area contributed by atoms with Crippen LogP contribution in [-0.2, 0) is 26.2 Å². The van der Waals surface area contributed by atoms with Crippen molar-refractivity contribution in [2.45, 2.75) is 45.2 Å². The molecule has 0 aliphatic heterocycles. The van der Waals surface area contributed by atoms with E-state index in [-0.39, 0.29) is 34.7 Å². The van der Waals surface area contributed by atoms with Crippen LogP contribution in [0, 0.1) is 12.8 Å². The number of methoxy groups -OCH3 is 3. The van der Waals surface area contributed by atoms with E-state index >= 15 is 0 Å². The minimum Gasteiger partial charge on any atom is -0.497 e. The van der Waals surface area contributed by atoms with E-state index in [1.807, 2.05) is 26.8 Å². The second-order valence-electron chi connectivity index (χ2n) is 10.6. The van der Waals surface area contributed by atoms with Gasteiger partial charge in [0.1, 0.15) is 29.8 Å². The predicted octanol–water partition coefficient (Wildman–Crippen LogP) is 4.41. The third-order valence-electron chi connectivity index (χ3n) is 6.88. The van der Waals surface area contributed by atoms with Gasteiger partial charge in [0.05, 0.1) is 31.9 Å². The Labute approximate surface area is 254 Å². The Kier molecular flexibility index (Phi) is 11.4. The fourth-order valence-corrected chi connectivity index (χ4v) is 5.76. The number of hydrogen-bond donors (Lipinski definition) is 1. The van der Waals surface area contributed by atoms with Crippen LogP contribution in [0.4, 0.5) is 5.69 Å². The van der Waals surface area contributed by atoms with Crippen molar-refractivity contribution in [1.82, 2.24) is 10.2 Å². The molecule has 0 saturated carbocycles. The van der Waals surface area contributed by atoms with Crippen molar-refractivity contribution in [3.05, 3.63) is 77.9 Å². The van der Waals surface area contributed by atoms with Crippen LogP contribution in [0.3, 0.4) is 0 Å².